The Kier molecular flexibility index (Phi) is 3.52. The van der Waals surface area contributed by atoms with Gasteiger partial charge in [0.1, 0.15) is 5.00 Å². The van der Waals surface area contributed by atoms with Crippen molar-refractivity contribution in [2.45, 2.75) is 25.3 Å². The number of carboxylic acids is 1. The molecule has 0 aliphatic heterocycles. The predicted octanol–water partition coefficient (Wildman–Crippen LogP) is 0.913. The van der Waals surface area contributed by atoms with Crippen LogP contribution in [0.3, 0.4) is 0 Å². The third kappa shape index (κ3) is 3.13. The number of amides is 2. The maximum absolute atomic E-state index is 11.5. The number of carbonyl (C=O) groups excluding carboxylic acids is 1. The molecule has 0 bridgehead atoms. The Morgan fingerprint density at radius 1 is 1.47 bits per heavy atom. The summed E-state index contributed by atoms with van der Waals surface area (Å²) in [6.07, 6.45) is 3.26. The number of rotatable bonds is 3. The zero-order valence-electron chi connectivity index (χ0n) is 8.92. The molecular formula is C9H12N4O3S. The Morgan fingerprint density at radius 2 is 2.29 bits per heavy atom. The molecule has 0 spiro atoms. The zero-order valence-corrected chi connectivity index (χ0v) is 9.74. The average Bonchev–Trinajstić information content (AvgIpc) is 2.88. The Balaban J connectivity index is 1.78. The van der Waals surface area contributed by atoms with Crippen LogP contribution in [0.5, 0.6) is 0 Å². The van der Waals surface area contributed by atoms with Crippen LogP contribution >= 0.6 is 11.5 Å². The first kappa shape index (κ1) is 11.8. The van der Waals surface area contributed by atoms with Crippen molar-refractivity contribution in [2.75, 3.05) is 5.32 Å². The maximum Gasteiger partial charge on any atom is 0.320 e. The minimum Gasteiger partial charge on any atom is -0.481 e. The highest BCUT2D eigenvalue weighted by molar-refractivity contribution is 7.10. The third-order valence-electron chi connectivity index (χ3n) is 2.72. The number of carboxylic acid groups (broad SMARTS) is 1. The van der Waals surface area contributed by atoms with Crippen molar-refractivity contribution in [2.24, 2.45) is 5.92 Å². The van der Waals surface area contributed by atoms with E-state index in [0.29, 0.717) is 24.3 Å². The van der Waals surface area contributed by atoms with Gasteiger partial charge in [0.15, 0.2) is 0 Å². The van der Waals surface area contributed by atoms with Gasteiger partial charge in [0.05, 0.1) is 12.1 Å². The number of hydrogen-bond acceptors (Lipinski definition) is 5. The molecule has 1 aliphatic carbocycles. The van der Waals surface area contributed by atoms with Crippen molar-refractivity contribution in [3.05, 3.63) is 6.20 Å². The van der Waals surface area contributed by atoms with Crippen LogP contribution in [0.2, 0.25) is 0 Å². The first-order valence-corrected chi connectivity index (χ1v) is 6.00. The van der Waals surface area contributed by atoms with Crippen molar-refractivity contribution in [1.29, 1.82) is 0 Å². The minimum atomic E-state index is -0.790. The van der Waals surface area contributed by atoms with Gasteiger partial charge in [0.2, 0.25) is 0 Å². The van der Waals surface area contributed by atoms with E-state index < -0.39 is 5.97 Å². The van der Waals surface area contributed by atoms with Gasteiger partial charge >= 0.3 is 12.0 Å². The standard InChI is InChI=1S/C9H12N4O3S/c14-8(15)5-1-2-6(3-5)11-9(16)12-7-4-10-13-17-7/h4-6H,1-3H2,(H,14,15)(H2,11,12,16)/t5-,6+/m1/s1. The van der Waals surface area contributed by atoms with Gasteiger partial charge < -0.3 is 10.4 Å². The Morgan fingerprint density at radius 3 is 2.88 bits per heavy atom. The van der Waals surface area contributed by atoms with Crippen LogP contribution < -0.4 is 10.6 Å². The number of nitrogens with zero attached hydrogens (tertiary/aromatic N) is 2. The molecule has 92 valence electrons. The van der Waals surface area contributed by atoms with E-state index in [4.69, 9.17) is 5.11 Å². The minimum absolute atomic E-state index is 0.0722. The highest BCUT2D eigenvalue weighted by Gasteiger charge is 2.30. The second kappa shape index (κ2) is 5.09. The van der Waals surface area contributed by atoms with Crippen molar-refractivity contribution < 1.29 is 14.7 Å². The predicted molar refractivity (Wildman–Crippen MR) is 60.8 cm³/mol. The number of urea groups is 1. The molecule has 0 radical (unpaired) electrons. The summed E-state index contributed by atoms with van der Waals surface area (Å²) in [6, 6.07) is -0.413. The maximum atomic E-state index is 11.5. The van der Waals surface area contributed by atoms with Crippen molar-refractivity contribution in [1.82, 2.24) is 14.9 Å². The second-order valence-electron chi connectivity index (χ2n) is 3.93. The summed E-state index contributed by atoms with van der Waals surface area (Å²) in [7, 11) is 0. The van der Waals surface area contributed by atoms with Crippen LogP contribution in [0.15, 0.2) is 6.20 Å². The molecule has 17 heavy (non-hydrogen) atoms. The normalized spacial score (nSPS) is 23.3. The number of aliphatic carboxylic acids is 1. The van der Waals surface area contributed by atoms with Crippen LogP contribution in [0.1, 0.15) is 19.3 Å². The Bertz CT molecular complexity index is 408. The van der Waals surface area contributed by atoms with E-state index in [2.05, 4.69) is 20.2 Å². The molecule has 8 heteroatoms. The molecule has 1 saturated carbocycles. The van der Waals surface area contributed by atoms with Gasteiger partial charge in [-0.25, -0.2) is 4.79 Å². The van der Waals surface area contributed by atoms with Gasteiger partial charge in [-0.3, -0.25) is 10.1 Å². The van der Waals surface area contributed by atoms with Crippen LogP contribution in [0, 0.1) is 5.92 Å². The summed E-state index contributed by atoms with van der Waals surface area (Å²) in [6.45, 7) is 0. The number of nitrogens with one attached hydrogen (secondary N) is 2. The number of carbonyl (C=O) groups is 2. The SMILES string of the molecule is O=C(Nc1cnns1)N[C@H]1CC[C@@H](C(=O)O)C1. The topological polar surface area (TPSA) is 104 Å². The molecule has 1 fully saturated rings. The molecule has 1 heterocycles. The molecule has 7 nitrogen and oxygen atoms in total. The molecular weight excluding hydrogens is 244 g/mol. The molecule has 1 aliphatic rings. The molecule has 0 aromatic carbocycles. The number of aromatic nitrogens is 2. The molecule has 3 N–H and O–H groups in total. The van der Waals surface area contributed by atoms with E-state index in [1.807, 2.05) is 0 Å². The molecule has 1 aromatic heterocycles. The summed E-state index contributed by atoms with van der Waals surface area (Å²) >= 11 is 1.09. The monoisotopic (exact) mass is 256 g/mol. The van der Waals surface area contributed by atoms with Gasteiger partial charge in [-0.2, -0.15) is 0 Å². The average molecular weight is 256 g/mol. The van der Waals surface area contributed by atoms with Crippen LogP contribution in [0.4, 0.5) is 9.80 Å². The fraction of sp³-hybridized carbons (Fsp3) is 0.556. The summed E-state index contributed by atoms with van der Waals surface area (Å²) in [5.74, 6) is -1.13. The molecule has 2 atom stereocenters. The first-order chi connectivity index (χ1) is 8.15. The molecule has 2 rings (SSSR count). The largest absolute Gasteiger partial charge is 0.481 e. The highest BCUT2D eigenvalue weighted by Crippen LogP contribution is 2.25. The summed E-state index contributed by atoms with van der Waals surface area (Å²) in [5.41, 5.74) is 0. The van der Waals surface area contributed by atoms with Gasteiger partial charge in [-0.15, -0.1) is 5.10 Å². The first-order valence-electron chi connectivity index (χ1n) is 5.23. The fourth-order valence-corrected chi connectivity index (χ4v) is 2.31. The lowest BCUT2D eigenvalue weighted by Gasteiger charge is -2.12. The summed E-state index contributed by atoms with van der Waals surface area (Å²) in [4.78, 5) is 22.3. The molecule has 0 unspecified atom stereocenters. The summed E-state index contributed by atoms with van der Waals surface area (Å²) < 4.78 is 3.61. The second-order valence-corrected chi connectivity index (χ2v) is 4.71. The van der Waals surface area contributed by atoms with E-state index in [9.17, 15) is 9.59 Å². The summed E-state index contributed by atoms with van der Waals surface area (Å²) in [5, 5.41) is 18.3. The van der Waals surface area contributed by atoms with Crippen molar-refractivity contribution in [3.8, 4) is 0 Å². The fourth-order valence-electron chi connectivity index (χ4n) is 1.89. The van der Waals surface area contributed by atoms with Gasteiger partial charge in [-0.1, -0.05) is 4.49 Å². The van der Waals surface area contributed by atoms with E-state index in [1.165, 1.54) is 6.20 Å². The molecule has 2 amide bonds. The van der Waals surface area contributed by atoms with Crippen LogP contribution in [-0.2, 0) is 4.79 Å². The third-order valence-corrected chi connectivity index (χ3v) is 3.30. The Hall–Kier alpha value is -1.70. The van der Waals surface area contributed by atoms with E-state index >= 15 is 0 Å². The highest BCUT2D eigenvalue weighted by atomic mass is 32.1. The smallest absolute Gasteiger partial charge is 0.320 e. The van der Waals surface area contributed by atoms with Crippen molar-refractivity contribution >= 4 is 28.5 Å². The molecule has 1 aromatic rings. The number of anilines is 1. The van der Waals surface area contributed by atoms with Crippen molar-refractivity contribution in [3.63, 3.8) is 0 Å². The van der Waals surface area contributed by atoms with Gasteiger partial charge in [0, 0.05) is 17.6 Å². The van der Waals surface area contributed by atoms with E-state index in [0.717, 1.165) is 11.5 Å². The molecule has 0 saturated heterocycles. The van der Waals surface area contributed by atoms with E-state index in [1.54, 1.807) is 0 Å². The lowest BCUT2D eigenvalue weighted by Crippen LogP contribution is -2.36. The zero-order chi connectivity index (χ0) is 12.3. The van der Waals surface area contributed by atoms with Crippen LogP contribution in [-0.4, -0.2) is 32.7 Å². The van der Waals surface area contributed by atoms with Gasteiger partial charge in [0.25, 0.3) is 0 Å². The quantitative estimate of drug-likeness (QED) is 0.745. The Labute approximate surface area is 101 Å². The van der Waals surface area contributed by atoms with Crippen LogP contribution in [0.25, 0.3) is 0 Å². The number of hydrogen-bond donors (Lipinski definition) is 3. The van der Waals surface area contributed by atoms with E-state index in [-0.39, 0.29) is 18.0 Å². The van der Waals surface area contributed by atoms with Gasteiger partial charge in [-0.05, 0) is 19.3 Å². The lowest BCUT2D eigenvalue weighted by molar-refractivity contribution is -0.141. The lowest BCUT2D eigenvalue weighted by atomic mass is 10.1.